The lowest BCUT2D eigenvalue weighted by atomic mass is 9.94. The lowest BCUT2D eigenvalue weighted by Gasteiger charge is -2.36. The van der Waals surface area contributed by atoms with Crippen molar-refractivity contribution in [3.8, 4) is 11.1 Å². The number of nitrogens with zero attached hydrogens (tertiary/aromatic N) is 4. The number of rotatable bonds is 7. The van der Waals surface area contributed by atoms with Crippen LogP contribution in [0.15, 0.2) is 59.5 Å². The number of carbonyl (C=O) groups is 1. The summed E-state index contributed by atoms with van der Waals surface area (Å²) in [5, 5.41) is 9.98. The molecule has 0 amide bonds. The monoisotopic (exact) mass is 578 g/mol. The van der Waals surface area contributed by atoms with Gasteiger partial charge in [-0.1, -0.05) is 18.2 Å². The minimum atomic E-state index is -4.61. The van der Waals surface area contributed by atoms with Crippen LogP contribution in [0.25, 0.3) is 22.0 Å². The van der Waals surface area contributed by atoms with Gasteiger partial charge in [0.15, 0.2) is 5.78 Å². The molecule has 1 aliphatic rings. The Kier molecular flexibility index (Phi) is 8.21. The Labute approximate surface area is 241 Å². The van der Waals surface area contributed by atoms with Crippen molar-refractivity contribution in [2.75, 3.05) is 44.2 Å². The Morgan fingerprint density at radius 3 is 2.40 bits per heavy atom. The number of alkyl halides is 3. The molecule has 5 rings (SSSR count). The molecule has 0 saturated carbocycles. The van der Waals surface area contributed by atoms with Crippen LogP contribution in [-0.2, 0) is 19.6 Å². The molecule has 2 aromatic carbocycles. The third kappa shape index (κ3) is 6.10. The van der Waals surface area contributed by atoms with Gasteiger partial charge >= 0.3 is 6.18 Å². The van der Waals surface area contributed by atoms with E-state index < -0.39 is 17.5 Å². The number of hydrogen-bond donors (Lipinski definition) is 1. The van der Waals surface area contributed by atoms with E-state index in [0.717, 1.165) is 34.3 Å². The summed E-state index contributed by atoms with van der Waals surface area (Å²) in [4.78, 5) is 35.0. The number of pyridine rings is 2. The van der Waals surface area contributed by atoms with Crippen molar-refractivity contribution in [3.63, 3.8) is 0 Å². The number of anilines is 1. The van der Waals surface area contributed by atoms with E-state index in [0.29, 0.717) is 55.1 Å². The van der Waals surface area contributed by atoms with E-state index in [1.165, 1.54) is 6.07 Å². The van der Waals surface area contributed by atoms with Crippen LogP contribution in [0.2, 0.25) is 0 Å². The average Bonchev–Trinajstić information content (AvgIpc) is 2.96. The summed E-state index contributed by atoms with van der Waals surface area (Å²) in [7, 11) is 1.70. The molecular weight excluding hydrogens is 545 g/mol. The van der Waals surface area contributed by atoms with Crippen molar-refractivity contribution in [2.24, 2.45) is 7.05 Å². The van der Waals surface area contributed by atoms with Crippen LogP contribution < -0.4 is 10.5 Å². The van der Waals surface area contributed by atoms with Crippen LogP contribution in [0.3, 0.4) is 0 Å². The van der Waals surface area contributed by atoms with Crippen molar-refractivity contribution in [2.45, 2.75) is 26.4 Å². The Hall–Kier alpha value is -4.02. The van der Waals surface area contributed by atoms with Gasteiger partial charge in [-0.15, -0.1) is 0 Å². The Morgan fingerprint density at radius 2 is 1.71 bits per heavy atom. The number of halogens is 3. The predicted molar refractivity (Wildman–Crippen MR) is 157 cm³/mol. The van der Waals surface area contributed by atoms with E-state index >= 15 is 0 Å². The zero-order valence-electron chi connectivity index (χ0n) is 23.8. The SMILES string of the molecule is Cc1cc2c(cn1)cc(-c1cc(CC(=O)c3cc(N4CCN(CCO)CC4)cc(C(F)(F)F)c3)ccc1C)c(=O)n2C. The number of carbonyl (C=O) groups excluding carboxylic acids is 1. The standard InChI is InChI=1S/C32H33F3N4O3/c1-20-4-5-22(13-27(20)28-17-24-19-36-21(2)12-29(24)37(3)31(28)42)14-30(41)23-15-25(32(33,34)35)18-26(16-23)39-8-6-38(7-9-39)10-11-40/h4-5,12-13,15-19,40H,6-11,14H2,1-3H3. The van der Waals surface area contributed by atoms with Crippen LogP contribution in [0, 0.1) is 13.8 Å². The number of aliphatic hydroxyl groups excluding tert-OH is 1. The maximum absolute atomic E-state index is 13.9. The summed E-state index contributed by atoms with van der Waals surface area (Å²) < 4.78 is 43.1. The number of Topliss-reactive ketones (excluding diaryl/α,β-unsaturated/α-hetero) is 1. The van der Waals surface area contributed by atoms with Crippen LogP contribution in [0.5, 0.6) is 0 Å². The second kappa shape index (κ2) is 11.7. The summed E-state index contributed by atoms with van der Waals surface area (Å²) >= 11 is 0. The zero-order chi connectivity index (χ0) is 30.2. The molecule has 3 heterocycles. The highest BCUT2D eigenvalue weighted by atomic mass is 19.4. The molecule has 0 bridgehead atoms. The molecule has 10 heteroatoms. The lowest BCUT2D eigenvalue weighted by molar-refractivity contribution is -0.137. The molecule has 0 aliphatic carbocycles. The molecule has 1 aliphatic heterocycles. The number of hydrogen-bond acceptors (Lipinski definition) is 6. The fourth-order valence-electron chi connectivity index (χ4n) is 5.50. The van der Waals surface area contributed by atoms with Crippen LogP contribution in [0.4, 0.5) is 18.9 Å². The van der Waals surface area contributed by atoms with Crippen molar-refractivity contribution in [1.29, 1.82) is 0 Å². The van der Waals surface area contributed by atoms with Gasteiger partial charge in [0.25, 0.3) is 5.56 Å². The van der Waals surface area contributed by atoms with Gasteiger partial charge in [-0.05, 0) is 60.9 Å². The van der Waals surface area contributed by atoms with E-state index in [2.05, 4.69) is 4.98 Å². The summed E-state index contributed by atoms with van der Waals surface area (Å²) in [5.41, 5.74) is 3.39. The number of piperazine rings is 1. The first-order valence-electron chi connectivity index (χ1n) is 13.8. The minimum absolute atomic E-state index is 0.0113. The number of aliphatic hydroxyl groups is 1. The van der Waals surface area contributed by atoms with Crippen molar-refractivity contribution >= 4 is 22.4 Å². The largest absolute Gasteiger partial charge is 0.416 e. The topological polar surface area (TPSA) is 78.7 Å². The number of aryl methyl sites for hydroxylation is 3. The molecule has 2 aromatic heterocycles. The number of ketones is 1. The van der Waals surface area contributed by atoms with Crippen molar-refractivity contribution in [3.05, 3.63) is 93.0 Å². The van der Waals surface area contributed by atoms with Crippen molar-refractivity contribution in [1.82, 2.24) is 14.5 Å². The van der Waals surface area contributed by atoms with Crippen LogP contribution >= 0.6 is 0 Å². The van der Waals surface area contributed by atoms with Crippen LogP contribution in [0.1, 0.15) is 32.7 Å². The molecule has 4 aromatic rings. The quantitative estimate of drug-likeness (QED) is 0.318. The lowest BCUT2D eigenvalue weighted by Crippen LogP contribution is -2.47. The number of β-amino-alcohol motifs (C(OH)–C–C–N with tert-alkyl or cyclic N) is 1. The average molecular weight is 579 g/mol. The van der Waals surface area contributed by atoms with Crippen LogP contribution in [-0.4, -0.2) is 64.7 Å². The highest BCUT2D eigenvalue weighted by Crippen LogP contribution is 2.34. The summed E-state index contributed by atoms with van der Waals surface area (Å²) in [6.07, 6.45) is -3.01. The highest BCUT2D eigenvalue weighted by Gasteiger charge is 2.33. The fourth-order valence-corrected chi connectivity index (χ4v) is 5.50. The number of benzene rings is 2. The van der Waals surface area contributed by atoms with Gasteiger partial charge in [0.2, 0.25) is 0 Å². The smallest absolute Gasteiger partial charge is 0.395 e. The molecule has 1 N–H and O–H groups in total. The zero-order valence-corrected chi connectivity index (χ0v) is 23.8. The molecule has 1 saturated heterocycles. The second-order valence-corrected chi connectivity index (χ2v) is 10.9. The molecule has 0 atom stereocenters. The molecule has 220 valence electrons. The van der Waals surface area contributed by atoms with Gasteiger partial charge in [-0.3, -0.25) is 19.5 Å². The van der Waals surface area contributed by atoms with E-state index in [9.17, 15) is 27.9 Å². The first-order valence-corrected chi connectivity index (χ1v) is 13.8. The molecule has 42 heavy (non-hydrogen) atoms. The van der Waals surface area contributed by atoms with E-state index in [4.69, 9.17) is 0 Å². The van der Waals surface area contributed by atoms with E-state index in [1.807, 2.05) is 35.8 Å². The maximum atomic E-state index is 13.9. The minimum Gasteiger partial charge on any atom is -0.395 e. The van der Waals surface area contributed by atoms with Gasteiger partial charge in [0, 0.05) is 80.3 Å². The molecule has 1 fully saturated rings. The highest BCUT2D eigenvalue weighted by molar-refractivity contribution is 5.99. The maximum Gasteiger partial charge on any atom is 0.416 e. The van der Waals surface area contributed by atoms with Gasteiger partial charge in [-0.2, -0.15) is 13.2 Å². The normalized spacial score (nSPS) is 14.5. The Bertz CT molecular complexity index is 1710. The molecule has 0 radical (unpaired) electrons. The van der Waals surface area contributed by atoms with Gasteiger partial charge < -0.3 is 14.6 Å². The number of aromatic nitrogens is 2. The Balaban J connectivity index is 1.46. The molecule has 0 unspecified atom stereocenters. The van der Waals surface area contributed by atoms with Crippen molar-refractivity contribution < 1.29 is 23.1 Å². The van der Waals surface area contributed by atoms with Gasteiger partial charge in [0.05, 0.1) is 17.7 Å². The third-order valence-corrected chi connectivity index (χ3v) is 7.92. The fraction of sp³-hybridized carbons (Fsp3) is 0.344. The summed E-state index contributed by atoms with van der Waals surface area (Å²) in [6.45, 7) is 6.46. The number of fused-ring (bicyclic) bond motifs is 1. The first kappa shape index (κ1) is 29.5. The third-order valence-electron chi connectivity index (χ3n) is 7.92. The molecule has 7 nitrogen and oxygen atoms in total. The summed E-state index contributed by atoms with van der Waals surface area (Å²) in [5.74, 6) is -0.442. The van der Waals surface area contributed by atoms with Gasteiger partial charge in [0.1, 0.15) is 0 Å². The Morgan fingerprint density at radius 1 is 0.976 bits per heavy atom. The van der Waals surface area contributed by atoms with E-state index in [-0.39, 0.29) is 24.2 Å². The molecule has 0 spiro atoms. The van der Waals surface area contributed by atoms with Gasteiger partial charge in [-0.25, -0.2) is 0 Å². The molecular formula is C32H33F3N4O3. The predicted octanol–water partition coefficient (Wildman–Crippen LogP) is 4.78. The summed E-state index contributed by atoms with van der Waals surface area (Å²) in [6, 6.07) is 12.5. The second-order valence-electron chi connectivity index (χ2n) is 10.9. The first-order chi connectivity index (χ1) is 19.9. The van der Waals surface area contributed by atoms with E-state index in [1.54, 1.807) is 36.0 Å².